The van der Waals surface area contributed by atoms with E-state index in [9.17, 15) is 14.9 Å². The molecular weight excluding hydrogens is 418 g/mol. The van der Waals surface area contributed by atoms with E-state index < -0.39 is 10.8 Å². The van der Waals surface area contributed by atoms with Crippen LogP contribution in [0.25, 0.3) is 28.6 Å². The molecule has 4 rings (SSSR count). The van der Waals surface area contributed by atoms with Gasteiger partial charge in [0.15, 0.2) is 5.58 Å². The molecule has 1 N–H and O–H groups in total. The van der Waals surface area contributed by atoms with E-state index >= 15 is 0 Å². The Hall–Kier alpha value is -3.97. The number of oxazole rings is 1. The van der Waals surface area contributed by atoms with Gasteiger partial charge in [-0.05, 0) is 54.5 Å². The lowest BCUT2D eigenvalue weighted by Gasteiger charge is -2.06. The lowest BCUT2D eigenvalue weighted by atomic mass is 10.2. The van der Waals surface area contributed by atoms with E-state index in [0.29, 0.717) is 33.3 Å². The van der Waals surface area contributed by atoms with Crippen molar-refractivity contribution in [1.82, 2.24) is 4.98 Å². The summed E-state index contributed by atoms with van der Waals surface area (Å²) >= 11 is 6.24. The number of fused-ring (bicyclic) bond motifs is 1. The van der Waals surface area contributed by atoms with Crippen LogP contribution in [0.5, 0.6) is 0 Å². The Labute approximate surface area is 182 Å². The highest BCUT2D eigenvalue weighted by molar-refractivity contribution is 6.34. The Morgan fingerprint density at radius 1 is 1.16 bits per heavy atom. The van der Waals surface area contributed by atoms with Gasteiger partial charge in [-0.3, -0.25) is 14.9 Å². The zero-order valence-electron chi connectivity index (χ0n) is 16.3. The van der Waals surface area contributed by atoms with Gasteiger partial charge >= 0.3 is 0 Å². The molecule has 0 radical (unpaired) electrons. The number of aromatic nitrogens is 1. The van der Waals surface area contributed by atoms with Crippen LogP contribution in [0.4, 0.5) is 11.4 Å². The number of nitro groups is 1. The number of nitrogens with one attached hydrogen (secondary N) is 1. The van der Waals surface area contributed by atoms with Crippen molar-refractivity contribution in [3.8, 4) is 11.5 Å². The number of nitrogens with zero attached hydrogens (tertiary/aromatic N) is 2. The number of nitro benzene ring substituents is 1. The number of carbonyl (C=O) groups is 1. The molecule has 31 heavy (non-hydrogen) atoms. The summed E-state index contributed by atoms with van der Waals surface area (Å²) in [5, 5.41) is 13.9. The summed E-state index contributed by atoms with van der Waals surface area (Å²) in [5.74, 6) is -0.0151. The first-order chi connectivity index (χ1) is 14.9. The molecule has 7 nitrogen and oxygen atoms in total. The second-order valence-electron chi connectivity index (χ2n) is 6.86. The second kappa shape index (κ2) is 8.41. The fourth-order valence-electron chi connectivity index (χ4n) is 3.00. The molecule has 0 aliphatic carbocycles. The maximum absolute atomic E-state index is 12.4. The number of non-ortho nitro benzene ring substituents is 1. The molecule has 1 heterocycles. The summed E-state index contributed by atoms with van der Waals surface area (Å²) in [7, 11) is 0. The van der Waals surface area contributed by atoms with Crippen LogP contribution in [0, 0.1) is 17.0 Å². The number of amides is 1. The molecule has 4 aromatic rings. The van der Waals surface area contributed by atoms with Crippen LogP contribution in [0.15, 0.2) is 71.2 Å². The third-order valence-corrected chi connectivity index (χ3v) is 4.85. The number of benzene rings is 3. The Balaban J connectivity index is 1.55. The minimum Gasteiger partial charge on any atom is -0.436 e. The van der Waals surface area contributed by atoms with Crippen molar-refractivity contribution in [2.75, 3.05) is 5.32 Å². The number of aryl methyl sites for hydroxylation is 1. The highest BCUT2D eigenvalue weighted by Gasteiger charge is 2.12. The molecule has 0 aliphatic heterocycles. The summed E-state index contributed by atoms with van der Waals surface area (Å²) in [6, 6.07) is 16.8. The molecule has 0 atom stereocenters. The average Bonchev–Trinajstić information content (AvgIpc) is 3.17. The molecular formula is C23H16ClN3O4. The molecule has 0 bridgehead atoms. The number of hydrogen-bond donors (Lipinski definition) is 1. The molecule has 3 aromatic carbocycles. The van der Waals surface area contributed by atoms with Crippen molar-refractivity contribution in [1.29, 1.82) is 0 Å². The maximum atomic E-state index is 12.4. The molecule has 1 amide bonds. The summed E-state index contributed by atoms with van der Waals surface area (Å²) in [6.07, 6.45) is 2.77. The molecule has 0 unspecified atom stereocenters. The van der Waals surface area contributed by atoms with Crippen LogP contribution in [0.1, 0.15) is 11.1 Å². The first-order valence-corrected chi connectivity index (χ1v) is 9.67. The fourth-order valence-corrected chi connectivity index (χ4v) is 3.17. The van der Waals surface area contributed by atoms with Crippen LogP contribution >= 0.6 is 11.6 Å². The molecule has 1 aromatic heterocycles. The highest BCUT2D eigenvalue weighted by atomic mass is 35.5. The van der Waals surface area contributed by atoms with E-state index in [4.69, 9.17) is 16.0 Å². The Bertz CT molecular complexity index is 1340. The predicted molar refractivity (Wildman–Crippen MR) is 120 cm³/mol. The Kier molecular flexibility index (Phi) is 5.51. The van der Waals surface area contributed by atoms with E-state index in [1.807, 2.05) is 25.1 Å². The highest BCUT2D eigenvalue weighted by Crippen LogP contribution is 2.30. The monoisotopic (exact) mass is 433 g/mol. The fraction of sp³-hybridized carbons (Fsp3) is 0.0435. The minimum atomic E-state index is -0.490. The van der Waals surface area contributed by atoms with Crippen LogP contribution < -0.4 is 5.32 Å². The summed E-state index contributed by atoms with van der Waals surface area (Å²) in [4.78, 5) is 27.2. The van der Waals surface area contributed by atoms with E-state index in [2.05, 4.69) is 10.3 Å². The number of rotatable bonds is 5. The molecule has 0 aliphatic rings. The quantitative estimate of drug-likeness (QED) is 0.236. The maximum Gasteiger partial charge on any atom is 0.270 e. The third kappa shape index (κ3) is 4.62. The van der Waals surface area contributed by atoms with E-state index in [0.717, 1.165) is 11.1 Å². The van der Waals surface area contributed by atoms with Gasteiger partial charge in [0, 0.05) is 23.8 Å². The van der Waals surface area contributed by atoms with Gasteiger partial charge in [0.1, 0.15) is 5.52 Å². The topological polar surface area (TPSA) is 98.3 Å². The minimum absolute atomic E-state index is 0.0492. The number of halogens is 1. The standard InChI is InChI=1S/C23H16ClN3O4/c1-14-5-9-21-20(11-14)26-23(31-21)16-7-8-18(24)19(13-16)25-22(28)10-6-15-3-2-4-17(12-15)27(29)30/h2-13H,1H3,(H,25,28). The average molecular weight is 434 g/mol. The Morgan fingerprint density at radius 2 is 2.00 bits per heavy atom. The SMILES string of the molecule is Cc1ccc2oc(-c3ccc(Cl)c(NC(=O)C=Cc4cccc([N+](=O)[O-])c4)c3)nc2c1. The largest absolute Gasteiger partial charge is 0.436 e. The van der Waals surface area contributed by atoms with E-state index in [1.54, 1.807) is 30.3 Å². The molecule has 8 heteroatoms. The van der Waals surface area contributed by atoms with Gasteiger partial charge < -0.3 is 9.73 Å². The zero-order chi connectivity index (χ0) is 22.0. The van der Waals surface area contributed by atoms with Crippen LogP contribution in [0.3, 0.4) is 0 Å². The molecule has 0 saturated heterocycles. The third-order valence-electron chi connectivity index (χ3n) is 4.52. The summed E-state index contributed by atoms with van der Waals surface area (Å²) < 4.78 is 5.81. The first kappa shape index (κ1) is 20.3. The lowest BCUT2D eigenvalue weighted by Crippen LogP contribution is -2.08. The normalized spacial score (nSPS) is 11.2. The van der Waals surface area contributed by atoms with Crippen molar-refractivity contribution < 1.29 is 14.1 Å². The molecule has 0 saturated carbocycles. The van der Waals surface area contributed by atoms with Gasteiger partial charge in [0.2, 0.25) is 11.8 Å². The number of carbonyl (C=O) groups excluding carboxylic acids is 1. The number of anilines is 1. The van der Waals surface area contributed by atoms with Gasteiger partial charge in [-0.2, -0.15) is 0 Å². The molecule has 0 fully saturated rings. The van der Waals surface area contributed by atoms with E-state index in [-0.39, 0.29) is 5.69 Å². The zero-order valence-corrected chi connectivity index (χ0v) is 17.1. The van der Waals surface area contributed by atoms with Gasteiger partial charge in [0.25, 0.3) is 5.69 Å². The van der Waals surface area contributed by atoms with Crippen molar-refractivity contribution in [3.63, 3.8) is 0 Å². The van der Waals surface area contributed by atoms with Gasteiger partial charge in [-0.25, -0.2) is 4.98 Å². The van der Waals surface area contributed by atoms with Crippen LogP contribution in [-0.2, 0) is 4.79 Å². The van der Waals surface area contributed by atoms with Gasteiger partial charge in [-0.15, -0.1) is 0 Å². The predicted octanol–water partition coefficient (Wildman–Crippen LogP) is 6.02. The molecule has 0 spiro atoms. The van der Waals surface area contributed by atoms with Crippen LogP contribution in [0.2, 0.25) is 5.02 Å². The van der Waals surface area contributed by atoms with Crippen LogP contribution in [-0.4, -0.2) is 15.8 Å². The Morgan fingerprint density at radius 3 is 2.81 bits per heavy atom. The van der Waals surface area contributed by atoms with Crippen molar-refractivity contribution in [2.24, 2.45) is 0 Å². The lowest BCUT2D eigenvalue weighted by molar-refractivity contribution is -0.384. The van der Waals surface area contributed by atoms with Crippen molar-refractivity contribution in [2.45, 2.75) is 6.92 Å². The summed E-state index contributed by atoms with van der Waals surface area (Å²) in [5.41, 5.74) is 4.03. The van der Waals surface area contributed by atoms with Crippen molar-refractivity contribution >= 4 is 46.1 Å². The first-order valence-electron chi connectivity index (χ1n) is 9.30. The van der Waals surface area contributed by atoms with Crippen molar-refractivity contribution in [3.05, 3.63) is 93.0 Å². The summed E-state index contributed by atoms with van der Waals surface area (Å²) in [6.45, 7) is 1.98. The smallest absolute Gasteiger partial charge is 0.270 e. The number of hydrogen-bond acceptors (Lipinski definition) is 5. The second-order valence-corrected chi connectivity index (χ2v) is 7.27. The van der Waals surface area contributed by atoms with Gasteiger partial charge in [-0.1, -0.05) is 29.8 Å². The van der Waals surface area contributed by atoms with E-state index in [1.165, 1.54) is 24.3 Å². The molecule has 154 valence electrons. The van der Waals surface area contributed by atoms with Gasteiger partial charge in [0.05, 0.1) is 15.6 Å².